The van der Waals surface area contributed by atoms with Gasteiger partial charge >= 0.3 is 0 Å². The number of amides is 2. The number of ketones is 1. The number of nitrogens with one attached hydrogen (secondary N) is 3. The second kappa shape index (κ2) is 7.22. The van der Waals surface area contributed by atoms with Crippen molar-refractivity contribution < 1.29 is 14.4 Å². The number of Topliss-reactive ketones (excluding diaryl/α,β-unsaturated/α-hetero) is 1. The smallest absolute Gasteiger partial charge is 0.288 e. The van der Waals surface area contributed by atoms with E-state index in [1.165, 1.54) is 12.1 Å². The molecule has 0 spiro atoms. The average Bonchev–Trinajstić information content (AvgIpc) is 2.70. The van der Waals surface area contributed by atoms with E-state index in [1.54, 1.807) is 12.1 Å². The Kier molecular flexibility index (Phi) is 4.69. The molecule has 3 N–H and O–H groups in total. The number of pyridine rings is 2. The van der Waals surface area contributed by atoms with Crippen molar-refractivity contribution in [3.8, 4) is 0 Å². The first-order chi connectivity index (χ1) is 14.2. The number of para-hydroxylation sites is 1. The molecule has 1 aliphatic rings. The number of hydrazine groups is 1. The monoisotopic (exact) mass is 404 g/mol. The van der Waals surface area contributed by atoms with Crippen molar-refractivity contribution in [3.05, 3.63) is 75.3 Å². The van der Waals surface area contributed by atoms with E-state index in [-0.39, 0.29) is 22.5 Å². The first-order valence-corrected chi connectivity index (χ1v) is 9.49. The Labute approximate surface area is 171 Å². The molecule has 8 nitrogen and oxygen atoms in total. The van der Waals surface area contributed by atoms with Gasteiger partial charge in [0.15, 0.2) is 5.78 Å². The topological polar surface area (TPSA) is 121 Å². The van der Waals surface area contributed by atoms with Crippen molar-refractivity contribution in [2.24, 2.45) is 5.41 Å². The molecule has 3 aromatic rings. The fourth-order valence-electron chi connectivity index (χ4n) is 3.63. The Morgan fingerprint density at radius 1 is 1.00 bits per heavy atom. The van der Waals surface area contributed by atoms with Crippen molar-refractivity contribution in [2.45, 2.75) is 26.7 Å². The van der Waals surface area contributed by atoms with Crippen LogP contribution in [0.25, 0.3) is 10.9 Å². The van der Waals surface area contributed by atoms with Gasteiger partial charge in [-0.1, -0.05) is 38.1 Å². The standard InChI is InChI=1S/C22H20N4O4/c1-22(2)10-17-13(18(27)11-22)9-14(19(28)24-17)20(29)25-26-21(30)16-8-7-12-5-3-4-6-15(12)23-16/h3-9H,10-11H2,1-2H3,(H,24,28)(H,25,29)(H,26,30). The molecule has 2 aromatic heterocycles. The van der Waals surface area contributed by atoms with Crippen LogP contribution in [0.15, 0.2) is 47.3 Å². The van der Waals surface area contributed by atoms with Crippen LogP contribution in [0, 0.1) is 5.41 Å². The fraction of sp³-hybridized carbons (Fsp3) is 0.227. The summed E-state index contributed by atoms with van der Waals surface area (Å²) in [5, 5.41) is 0.881. The Morgan fingerprint density at radius 3 is 2.53 bits per heavy atom. The molecule has 1 aliphatic carbocycles. The van der Waals surface area contributed by atoms with E-state index >= 15 is 0 Å². The summed E-state index contributed by atoms with van der Waals surface area (Å²) in [4.78, 5) is 56.5. The van der Waals surface area contributed by atoms with E-state index in [0.29, 0.717) is 29.6 Å². The summed E-state index contributed by atoms with van der Waals surface area (Å²) >= 11 is 0. The quantitative estimate of drug-likeness (QED) is 0.565. The molecule has 2 amide bonds. The minimum atomic E-state index is -0.814. The number of nitrogens with zero attached hydrogens (tertiary/aromatic N) is 1. The van der Waals surface area contributed by atoms with Crippen LogP contribution in [0.3, 0.4) is 0 Å². The molecule has 0 atom stereocenters. The number of aromatic nitrogens is 2. The van der Waals surface area contributed by atoms with Crippen LogP contribution >= 0.6 is 0 Å². The number of carbonyl (C=O) groups excluding carboxylic acids is 3. The maximum Gasteiger partial charge on any atom is 0.288 e. The maximum absolute atomic E-state index is 12.5. The summed E-state index contributed by atoms with van der Waals surface area (Å²) in [6, 6.07) is 11.9. The van der Waals surface area contributed by atoms with E-state index in [9.17, 15) is 19.2 Å². The van der Waals surface area contributed by atoms with Gasteiger partial charge in [0.25, 0.3) is 17.4 Å². The average molecular weight is 404 g/mol. The molecule has 0 aliphatic heterocycles. The van der Waals surface area contributed by atoms with E-state index in [4.69, 9.17) is 0 Å². The molecule has 0 saturated heterocycles. The predicted molar refractivity (Wildman–Crippen MR) is 110 cm³/mol. The third kappa shape index (κ3) is 3.71. The lowest BCUT2D eigenvalue weighted by Crippen LogP contribution is -2.44. The Hall–Kier alpha value is -3.81. The molecular formula is C22H20N4O4. The molecule has 0 unspecified atom stereocenters. The van der Waals surface area contributed by atoms with Gasteiger partial charge in [0, 0.05) is 23.1 Å². The number of hydrogen-bond donors (Lipinski definition) is 3. The van der Waals surface area contributed by atoms with Crippen LogP contribution in [0.4, 0.5) is 0 Å². The lowest BCUT2D eigenvalue weighted by molar-refractivity contribution is 0.0842. The summed E-state index contributed by atoms with van der Waals surface area (Å²) in [5.74, 6) is -1.57. The number of H-pyrrole nitrogens is 1. The van der Waals surface area contributed by atoms with Crippen LogP contribution in [0.5, 0.6) is 0 Å². The summed E-state index contributed by atoms with van der Waals surface area (Å²) in [5.41, 5.74) is 4.98. The van der Waals surface area contributed by atoms with Crippen LogP contribution < -0.4 is 16.4 Å². The number of benzene rings is 1. The molecule has 0 fully saturated rings. The molecule has 4 rings (SSSR count). The van der Waals surface area contributed by atoms with Gasteiger partial charge in [-0.25, -0.2) is 4.98 Å². The summed E-state index contributed by atoms with van der Waals surface area (Å²) < 4.78 is 0. The second-order valence-corrected chi connectivity index (χ2v) is 8.14. The van der Waals surface area contributed by atoms with Gasteiger partial charge in [-0.2, -0.15) is 0 Å². The zero-order valence-corrected chi connectivity index (χ0v) is 16.5. The van der Waals surface area contributed by atoms with Crippen molar-refractivity contribution in [3.63, 3.8) is 0 Å². The Balaban J connectivity index is 1.51. The van der Waals surface area contributed by atoms with E-state index in [2.05, 4.69) is 20.8 Å². The van der Waals surface area contributed by atoms with Crippen LogP contribution in [0.2, 0.25) is 0 Å². The number of aromatic amines is 1. The minimum absolute atomic E-state index is 0.116. The fourth-order valence-corrected chi connectivity index (χ4v) is 3.63. The van der Waals surface area contributed by atoms with Crippen molar-refractivity contribution >= 4 is 28.5 Å². The second-order valence-electron chi connectivity index (χ2n) is 8.14. The first-order valence-electron chi connectivity index (χ1n) is 9.49. The van der Waals surface area contributed by atoms with Gasteiger partial charge in [-0.05, 0) is 30.0 Å². The molecular weight excluding hydrogens is 384 g/mol. The lowest BCUT2D eigenvalue weighted by Gasteiger charge is -2.29. The Bertz CT molecular complexity index is 1260. The van der Waals surface area contributed by atoms with Gasteiger partial charge in [0.2, 0.25) is 0 Å². The number of hydrogen-bond acceptors (Lipinski definition) is 5. The van der Waals surface area contributed by atoms with E-state index in [1.807, 2.05) is 32.0 Å². The zero-order chi connectivity index (χ0) is 21.5. The molecule has 30 heavy (non-hydrogen) atoms. The molecule has 1 aromatic carbocycles. The minimum Gasteiger partial charge on any atom is -0.325 e. The predicted octanol–water partition coefficient (Wildman–Crippen LogP) is 2.15. The molecule has 0 saturated carbocycles. The number of carbonyl (C=O) groups is 3. The molecule has 0 bridgehead atoms. The van der Waals surface area contributed by atoms with Crippen LogP contribution in [0.1, 0.15) is 57.2 Å². The molecule has 0 radical (unpaired) electrons. The molecule has 8 heteroatoms. The van der Waals surface area contributed by atoms with E-state index < -0.39 is 17.4 Å². The van der Waals surface area contributed by atoms with Crippen molar-refractivity contribution in [1.82, 2.24) is 20.8 Å². The van der Waals surface area contributed by atoms with Gasteiger partial charge in [0.1, 0.15) is 11.3 Å². The highest BCUT2D eigenvalue weighted by Gasteiger charge is 2.32. The lowest BCUT2D eigenvalue weighted by atomic mass is 9.75. The Morgan fingerprint density at radius 2 is 1.73 bits per heavy atom. The SMILES string of the molecule is CC1(C)CC(=O)c2cc(C(=O)NNC(=O)c3ccc4ccccc4n3)c(=O)[nH]c2C1. The van der Waals surface area contributed by atoms with Gasteiger partial charge in [-0.15, -0.1) is 0 Å². The zero-order valence-electron chi connectivity index (χ0n) is 16.5. The summed E-state index contributed by atoms with van der Waals surface area (Å²) in [6.07, 6.45) is 0.868. The highest BCUT2D eigenvalue weighted by atomic mass is 16.2. The van der Waals surface area contributed by atoms with Gasteiger partial charge in [0.05, 0.1) is 5.52 Å². The van der Waals surface area contributed by atoms with Gasteiger partial charge < -0.3 is 4.98 Å². The third-order valence-corrected chi connectivity index (χ3v) is 5.08. The number of fused-ring (bicyclic) bond motifs is 2. The highest BCUT2D eigenvalue weighted by Crippen LogP contribution is 2.33. The molecule has 2 heterocycles. The van der Waals surface area contributed by atoms with E-state index in [0.717, 1.165) is 5.39 Å². The summed E-state index contributed by atoms with van der Waals surface area (Å²) in [7, 11) is 0. The summed E-state index contributed by atoms with van der Waals surface area (Å²) in [6.45, 7) is 3.90. The van der Waals surface area contributed by atoms with Gasteiger partial charge in [-0.3, -0.25) is 30.0 Å². The third-order valence-electron chi connectivity index (χ3n) is 5.08. The number of rotatable bonds is 2. The van der Waals surface area contributed by atoms with Crippen molar-refractivity contribution in [1.29, 1.82) is 0 Å². The largest absolute Gasteiger partial charge is 0.325 e. The van der Waals surface area contributed by atoms with Crippen molar-refractivity contribution in [2.75, 3.05) is 0 Å². The van der Waals surface area contributed by atoms with Crippen LogP contribution in [-0.4, -0.2) is 27.6 Å². The highest BCUT2D eigenvalue weighted by molar-refractivity contribution is 6.03. The van der Waals surface area contributed by atoms with Crippen LogP contribution in [-0.2, 0) is 6.42 Å². The normalized spacial score (nSPS) is 14.8. The molecule has 152 valence electrons. The first kappa shape index (κ1) is 19.5. The maximum atomic E-state index is 12.5.